The van der Waals surface area contributed by atoms with Crippen molar-refractivity contribution in [1.29, 1.82) is 0 Å². The second-order valence-electron chi connectivity index (χ2n) is 13.4. The average molecular weight is 676 g/mol. The fraction of sp³-hybridized carbons (Fsp3) is 0. The van der Waals surface area contributed by atoms with Gasteiger partial charge >= 0.3 is 0 Å². The molecule has 1 nitrogen and oxygen atoms in total. The lowest BCUT2D eigenvalue weighted by Crippen LogP contribution is -2.10. The predicted molar refractivity (Wildman–Crippen MR) is 226 cm³/mol. The van der Waals surface area contributed by atoms with Crippen molar-refractivity contribution in [2.24, 2.45) is 0 Å². The third-order valence-corrected chi connectivity index (χ3v) is 10.0. The van der Waals surface area contributed by atoms with Crippen molar-refractivity contribution in [2.75, 3.05) is 4.90 Å². The molecule has 1 heteroatoms. The Balaban J connectivity index is 1.15. The van der Waals surface area contributed by atoms with Gasteiger partial charge in [0.15, 0.2) is 0 Å². The Labute approximate surface area is 311 Å². The molecule has 0 aliphatic rings. The van der Waals surface area contributed by atoms with Gasteiger partial charge in [-0.15, -0.1) is 0 Å². The number of anilines is 3. The first-order valence-electron chi connectivity index (χ1n) is 18.2. The molecule has 0 bridgehead atoms. The molecule has 0 saturated carbocycles. The van der Waals surface area contributed by atoms with Crippen LogP contribution in [-0.2, 0) is 0 Å². The molecule has 0 saturated heterocycles. The fourth-order valence-electron chi connectivity index (χ4n) is 7.40. The Morgan fingerprint density at radius 2 is 0.566 bits per heavy atom. The highest BCUT2D eigenvalue weighted by Crippen LogP contribution is 2.40. The maximum Gasteiger partial charge on any atom is 0.0467 e. The minimum absolute atomic E-state index is 1.10. The SMILES string of the molecule is c1ccc(-c2cccc(-c3cccc(N(c4cccc(-c5ccccc5)c4)c4cccc(-c5cccc(-c6cccc7ccccc67)c5)c4)c3)c2)cc1. The first kappa shape index (κ1) is 32.0. The fourth-order valence-corrected chi connectivity index (χ4v) is 7.40. The molecule has 0 fully saturated rings. The Hall–Kier alpha value is -6.96. The molecule has 0 aliphatic carbocycles. The van der Waals surface area contributed by atoms with Crippen LogP contribution in [0.4, 0.5) is 17.1 Å². The van der Waals surface area contributed by atoms with E-state index < -0.39 is 0 Å². The maximum atomic E-state index is 2.38. The number of hydrogen-bond acceptors (Lipinski definition) is 1. The molecule has 0 unspecified atom stereocenters. The summed E-state index contributed by atoms with van der Waals surface area (Å²) in [5.41, 5.74) is 15.2. The Kier molecular flexibility index (Phi) is 8.66. The lowest BCUT2D eigenvalue weighted by Gasteiger charge is -2.27. The molecule has 53 heavy (non-hydrogen) atoms. The summed E-state index contributed by atoms with van der Waals surface area (Å²) in [5.74, 6) is 0. The molecule has 9 aromatic rings. The first-order valence-corrected chi connectivity index (χ1v) is 18.2. The van der Waals surface area contributed by atoms with Crippen molar-refractivity contribution in [1.82, 2.24) is 0 Å². The highest BCUT2D eigenvalue weighted by atomic mass is 15.1. The zero-order valence-corrected chi connectivity index (χ0v) is 29.3. The van der Waals surface area contributed by atoms with E-state index in [1.165, 1.54) is 66.4 Å². The normalized spacial score (nSPS) is 11.0. The van der Waals surface area contributed by atoms with Crippen LogP contribution in [0.15, 0.2) is 224 Å². The quantitative estimate of drug-likeness (QED) is 0.155. The van der Waals surface area contributed by atoms with Gasteiger partial charge in [0, 0.05) is 17.1 Å². The van der Waals surface area contributed by atoms with Crippen molar-refractivity contribution in [3.8, 4) is 55.6 Å². The van der Waals surface area contributed by atoms with Gasteiger partial charge in [0.05, 0.1) is 0 Å². The largest absolute Gasteiger partial charge is 0.310 e. The van der Waals surface area contributed by atoms with Crippen LogP contribution in [0, 0.1) is 0 Å². The minimum atomic E-state index is 1.10. The molecule has 0 N–H and O–H groups in total. The summed E-state index contributed by atoms with van der Waals surface area (Å²) < 4.78 is 0. The van der Waals surface area contributed by atoms with Crippen LogP contribution < -0.4 is 4.90 Å². The number of benzene rings is 9. The topological polar surface area (TPSA) is 3.24 Å². The van der Waals surface area contributed by atoms with Gasteiger partial charge in [-0.05, 0) is 115 Å². The van der Waals surface area contributed by atoms with E-state index in [2.05, 4.69) is 229 Å². The Bertz CT molecular complexity index is 2670. The molecule has 0 heterocycles. The Morgan fingerprint density at radius 3 is 1.11 bits per heavy atom. The smallest absolute Gasteiger partial charge is 0.0467 e. The lowest BCUT2D eigenvalue weighted by atomic mass is 9.95. The first-order chi connectivity index (χ1) is 26.3. The van der Waals surface area contributed by atoms with E-state index in [4.69, 9.17) is 0 Å². The van der Waals surface area contributed by atoms with E-state index in [0.717, 1.165) is 17.1 Å². The van der Waals surface area contributed by atoms with E-state index >= 15 is 0 Å². The van der Waals surface area contributed by atoms with Gasteiger partial charge in [0.2, 0.25) is 0 Å². The number of hydrogen-bond donors (Lipinski definition) is 0. The predicted octanol–water partition coefficient (Wildman–Crippen LogP) is 14.6. The summed E-state index contributed by atoms with van der Waals surface area (Å²) in [6.07, 6.45) is 0. The van der Waals surface area contributed by atoms with Crippen molar-refractivity contribution in [3.05, 3.63) is 224 Å². The zero-order chi connectivity index (χ0) is 35.4. The van der Waals surface area contributed by atoms with E-state index in [1.54, 1.807) is 0 Å². The number of nitrogens with zero attached hydrogens (tertiary/aromatic N) is 1. The van der Waals surface area contributed by atoms with Crippen molar-refractivity contribution < 1.29 is 0 Å². The Morgan fingerprint density at radius 1 is 0.226 bits per heavy atom. The van der Waals surface area contributed by atoms with Crippen LogP contribution >= 0.6 is 0 Å². The molecule has 0 spiro atoms. The van der Waals surface area contributed by atoms with Crippen molar-refractivity contribution >= 4 is 27.8 Å². The molecule has 250 valence electrons. The van der Waals surface area contributed by atoms with Gasteiger partial charge in [0.25, 0.3) is 0 Å². The van der Waals surface area contributed by atoms with Crippen molar-refractivity contribution in [3.63, 3.8) is 0 Å². The number of rotatable bonds is 8. The molecule has 0 radical (unpaired) electrons. The summed E-state index contributed by atoms with van der Waals surface area (Å²) in [6.45, 7) is 0. The molecule has 0 aliphatic heterocycles. The average Bonchev–Trinajstić information content (AvgIpc) is 3.25. The van der Waals surface area contributed by atoms with Gasteiger partial charge < -0.3 is 4.90 Å². The summed E-state index contributed by atoms with van der Waals surface area (Å²) in [7, 11) is 0. The van der Waals surface area contributed by atoms with Gasteiger partial charge in [-0.25, -0.2) is 0 Å². The minimum Gasteiger partial charge on any atom is -0.310 e. The molecular weight excluding hydrogens is 639 g/mol. The molecule has 9 rings (SSSR count). The van der Waals surface area contributed by atoms with E-state index in [0.29, 0.717) is 0 Å². The van der Waals surface area contributed by atoms with E-state index in [1.807, 2.05) is 0 Å². The molecule has 0 amide bonds. The van der Waals surface area contributed by atoms with Gasteiger partial charge in [0.1, 0.15) is 0 Å². The van der Waals surface area contributed by atoms with E-state index in [-0.39, 0.29) is 0 Å². The number of fused-ring (bicyclic) bond motifs is 1. The van der Waals surface area contributed by atoms with Crippen molar-refractivity contribution in [2.45, 2.75) is 0 Å². The highest BCUT2D eigenvalue weighted by Gasteiger charge is 2.16. The summed E-state index contributed by atoms with van der Waals surface area (Å²) in [4.78, 5) is 2.38. The van der Waals surface area contributed by atoms with Crippen LogP contribution in [0.5, 0.6) is 0 Å². The molecule has 9 aromatic carbocycles. The van der Waals surface area contributed by atoms with Crippen LogP contribution in [0.25, 0.3) is 66.4 Å². The molecule has 0 aromatic heterocycles. The van der Waals surface area contributed by atoms with Gasteiger partial charge in [-0.3, -0.25) is 0 Å². The second kappa shape index (κ2) is 14.3. The summed E-state index contributed by atoms with van der Waals surface area (Å²) in [6, 6.07) is 80.9. The second-order valence-corrected chi connectivity index (χ2v) is 13.4. The third kappa shape index (κ3) is 6.65. The third-order valence-electron chi connectivity index (χ3n) is 10.0. The van der Waals surface area contributed by atoms with Crippen LogP contribution in [0.1, 0.15) is 0 Å². The van der Waals surface area contributed by atoms with Crippen LogP contribution in [0.2, 0.25) is 0 Å². The summed E-state index contributed by atoms with van der Waals surface area (Å²) in [5, 5.41) is 2.51. The van der Waals surface area contributed by atoms with E-state index in [9.17, 15) is 0 Å². The monoisotopic (exact) mass is 675 g/mol. The lowest BCUT2D eigenvalue weighted by molar-refractivity contribution is 1.28. The maximum absolute atomic E-state index is 2.38. The van der Waals surface area contributed by atoms with Crippen LogP contribution in [-0.4, -0.2) is 0 Å². The standard InChI is InChI=1S/C52H37N/c1-3-15-38(16-4-1)41-21-9-22-42(33-41)45-25-12-29-49(36-45)53(48-28-11-24-44(35-48)39-17-5-2-6-18-39)50-30-13-26-46(37-50)43-23-10-27-47(34-43)52-32-14-20-40-19-7-8-31-51(40)52/h1-37H. The van der Waals surface area contributed by atoms with Gasteiger partial charge in [-0.1, -0.05) is 176 Å². The molecule has 0 atom stereocenters. The molecular formula is C52H37N. The van der Waals surface area contributed by atoms with Gasteiger partial charge in [-0.2, -0.15) is 0 Å². The summed E-state index contributed by atoms with van der Waals surface area (Å²) >= 11 is 0. The van der Waals surface area contributed by atoms with Crippen LogP contribution in [0.3, 0.4) is 0 Å². The highest BCUT2D eigenvalue weighted by molar-refractivity contribution is 5.97. The zero-order valence-electron chi connectivity index (χ0n) is 29.3.